The molecule has 1 aromatic heterocycles. The van der Waals surface area contributed by atoms with Crippen LogP contribution in [0.5, 0.6) is 5.75 Å². The van der Waals surface area contributed by atoms with Gasteiger partial charge < -0.3 is 15.4 Å². The predicted octanol–water partition coefficient (Wildman–Crippen LogP) is 4.06. The van der Waals surface area contributed by atoms with Gasteiger partial charge in [-0.15, -0.1) is 0 Å². The number of aryl methyl sites for hydroxylation is 1. The van der Waals surface area contributed by atoms with Crippen LogP contribution in [0.15, 0.2) is 72.9 Å². The largest absolute Gasteiger partial charge is 0.496 e. The molecule has 0 radical (unpaired) electrons. The third kappa shape index (κ3) is 5.58. The van der Waals surface area contributed by atoms with Crippen LogP contribution in [0.1, 0.15) is 27.9 Å². The van der Waals surface area contributed by atoms with Gasteiger partial charge in [-0.3, -0.25) is 4.79 Å². The maximum atomic E-state index is 12.2. The summed E-state index contributed by atoms with van der Waals surface area (Å²) in [5.74, 6) is 1.45. The number of methoxy groups -OCH3 is 1. The summed E-state index contributed by atoms with van der Waals surface area (Å²) >= 11 is 0. The van der Waals surface area contributed by atoms with Crippen LogP contribution in [0, 0.1) is 0 Å². The normalized spacial score (nSPS) is 10.3. The third-order valence-electron chi connectivity index (χ3n) is 4.45. The fourth-order valence-electron chi connectivity index (χ4n) is 2.91. The molecule has 1 heterocycles. The molecule has 0 aliphatic heterocycles. The lowest BCUT2D eigenvalue weighted by atomic mass is 10.1. The third-order valence-corrected chi connectivity index (χ3v) is 4.45. The first kappa shape index (κ1) is 19.4. The molecule has 0 saturated heterocycles. The molecule has 2 aromatic carbocycles. The van der Waals surface area contributed by atoms with Crippen LogP contribution >= 0.6 is 0 Å². The molecule has 0 fully saturated rings. The highest BCUT2D eigenvalue weighted by Gasteiger charge is 2.06. The second kappa shape index (κ2) is 10.1. The lowest BCUT2D eigenvalue weighted by molar-refractivity contribution is 0.0953. The van der Waals surface area contributed by atoms with Crippen molar-refractivity contribution in [3.05, 3.63) is 89.6 Å². The van der Waals surface area contributed by atoms with Crippen molar-refractivity contribution in [3.8, 4) is 5.75 Å². The van der Waals surface area contributed by atoms with E-state index in [1.54, 1.807) is 19.4 Å². The van der Waals surface area contributed by atoms with E-state index < -0.39 is 0 Å². The Balaban J connectivity index is 1.45. The van der Waals surface area contributed by atoms with Crippen LogP contribution in [-0.4, -0.2) is 24.5 Å². The van der Waals surface area contributed by atoms with Crippen molar-refractivity contribution in [3.63, 3.8) is 0 Å². The van der Waals surface area contributed by atoms with Gasteiger partial charge in [0.15, 0.2) is 0 Å². The van der Waals surface area contributed by atoms with Gasteiger partial charge in [-0.05, 0) is 36.6 Å². The van der Waals surface area contributed by atoms with Gasteiger partial charge in [0.25, 0.3) is 5.91 Å². The zero-order chi connectivity index (χ0) is 19.6. The van der Waals surface area contributed by atoms with Crippen molar-refractivity contribution in [1.82, 2.24) is 10.3 Å². The monoisotopic (exact) mass is 375 g/mol. The number of pyridine rings is 1. The molecule has 5 nitrogen and oxygen atoms in total. The zero-order valence-corrected chi connectivity index (χ0v) is 16.0. The first-order chi connectivity index (χ1) is 13.8. The van der Waals surface area contributed by atoms with Crippen LogP contribution in [0.2, 0.25) is 0 Å². The minimum absolute atomic E-state index is 0.100. The maximum absolute atomic E-state index is 12.2. The number of ether oxygens (including phenoxy) is 1. The Labute approximate surface area is 165 Å². The molecule has 3 rings (SSSR count). The number of carbonyl (C=O) groups is 1. The summed E-state index contributed by atoms with van der Waals surface area (Å²) in [5.41, 5.74) is 2.89. The number of nitrogens with zero attached hydrogens (tertiary/aromatic N) is 1. The van der Waals surface area contributed by atoms with Crippen LogP contribution in [0.4, 0.5) is 5.82 Å². The molecule has 3 aromatic rings. The Kier molecular flexibility index (Phi) is 7.01. The average molecular weight is 375 g/mol. The van der Waals surface area contributed by atoms with E-state index in [-0.39, 0.29) is 5.91 Å². The number of hydrogen-bond donors (Lipinski definition) is 2. The Hall–Kier alpha value is -3.34. The fraction of sp³-hybridized carbons (Fsp3) is 0.217. The number of hydrogen-bond acceptors (Lipinski definition) is 4. The lowest BCUT2D eigenvalue weighted by Crippen LogP contribution is -2.24. The van der Waals surface area contributed by atoms with Gasteiger partial charge in [0, 0.05) is 24.8 Å². The Morgan fingerprint density at radius 2 is 1.79 bits per heavy atom. The highest BCUT2D eigenvalue weighted by atomic mass is 16.5. The molecule has 0 spiro atoms. The van der Waals surface area contributed by atoms with Gasteiger partial charge >= 0.3 is 0 Å². The van der Waals surface area contributed by atoms with Crippen molar-refractivity contribution >= 4 is 11.7 Å². The van der Waals surface area contributed by atoms with E-state index in [9.17, 15) is 4.79 Å². The first-order valence-corrected chi connectivity index (χ1v) is 9.40. The molecule has 28 heavy (non-hydrogen) atoms. The first-order valence-electron chi connectivity index (χ1n) is 9.40. The minimum Gasteiger partial charge on any atom is -0.496 e. The van der Waals surface area contributed by atoms with E-state index >= 15 is 0 Å². The van der Waals surface area contributed by atoms with Crippen LogP contribution in [-0.2, 0) is 13.0 Å². The molecule has 0 aliphatic rings. The quantitative estimate of drug-likeness (QED) is 0.554. The van der Waals surface area contributed by atoms with E-state index in [1.807, 2.05) is 48.5 Å². The van der Waals surface area contributed by atoms with Crippen molar-refractivity contribution < 1.29 is 9.53 Å². The molecule has 0 bridgehead atoms. The summed E-state index contributed by atoms with van der Waals surface area (Å²) < 4.78 is 5.35. The number of anilines is 1. The van der Waals surface area contributed by atoms with Crippen molar-refractivity contribution in [2.45, 2.75) is 19.4 Å². The second-order valence-corrected chi connectivity index (χ2v) is 6.44. The van der Waals surface area contributed by atoms with E-state index in [0.29, 0.717) is 24.5 Å². The second-order valence-electron chi connectivity index (χ2n) is 6.44. The lowest BCUT2D eigenvalue weighted by Gasteiger charge is -2.10. The van der Waals surface area contributed by atoms with Gasteiger partial charge in [-0.25, -0.2) is 4.98 Å². The van der Waals surface area contributed by atoms with Gasteiger partial charge in [0.1, 0.15) is 11.6 Å². The molecule has 0 saturated carbocycles. The molecule has 2 N–H and O–H groups in total. The van der Waals surface area contributed by atoms with Gasteiger partial charge in [0.2, 0.25) is 0 Å². The molecule has 144 valence electrons. The number of benzene rings is 2. The van der Waals surface area contributed by atoms with Crippen molar-refractivity contribution in [1.29, 1.82) is 0 Å². The van der Waals surface area contributed by atoms with Gasteiger partial charge in [-0.1, -0.05) is 48.5 Å². The zero-order valence-electron chi connectivity index (χ0n) is 16.0. The molecule has 0 aliphatic carbocycles. The molecule has 1 amide bonds. The number of aromatic nitrogens is 1. The van der Waals surface area contributed by atoms with E-state index in [2.05, 4.69) is 27.8 Å². The maximum Gasteiger partial charge on any atom is 0.252 e. The van der Waals surface area contributed by atoms with Gasteiger partial charge in [-0.2, -0.15) is 0 Å². The minimum atomic E-state index is -0.100. The Morgan fingerprint density at radius 3 is 2.54 bits per heavy atom. The summed E-state index contributed by atoms with van der Waals surface area (Å²) in [4.78, 5) is 16.6. The predicted molar refractivity (Wildman–Crippen MR) is 112 cm³/mol. The molecular formula is C23H25N3O2. The number of para-hydroxylation sites is 1. The number of amides is 1. The SMILES string of the molecule is COc1ccccc1CNc1ccc(C(=O)NCCCc2ccccc2)cn1. The number of nitrogens with one attached hydrogen (secondary N) is 2. The Bertz CT molecular complexity index is 880. The number of rotatable bonds is 9. The van der Waals surface area contributed by atoms with Crippen molar-refractivity contribution in [2.75, 3.05) is 19.0 Å². The average Bonchev–Trinajstić information content (AvgIpc) is 2.76. The Morgan fingerprint density at radius 1 is 1.00 bits per heavy atom. The summed E-state index contributed by atoms with van der Waals surface area (Å²) in [6.45, 7) is 1.24. The van der Waals surface area contributed by atoms with E-state index in [4.69, 9.17) is 4.74 Å². The number of carbonyl (C=O) groups excluding carboxylic acids is 1. The molecular weight excluding hydrogens is 350 g/mol. The topological polar surface area (TPSA) is 63.2 Å². The summed E-state index contributed by atoms with van der Waals surface area (Å²) in [7, 11) is 1.66. The molecule has 0 unspecified atom stereocenters. The summed E-state index contributed by atoms with van der Waals surface area (Å²) in [6.07, 6.45) is 3.45. The fourth-order valence-corrected chi connectivity index (χ4v) is 2.91. The standard InChI is InChI=1S/C23H25N3O2/c1-28-21-12-6-5-11-19(21)16-25-22-14-13-20(17-26-22)23(27)24-15-7-10-18-8-3-2-4-9-18/h2-6,8-9,11-14,17H,7,10,15-16H2,1H3,(H,24,27)(H,25,26). The summed E-state index contributed by atoms with van der Waals surface area (Å²) in [5, 5.41) is 6.20. The van der Waals surface area contributed by atoms with Crippen molar-refractivity contribution in [2.24, 2.45) is 0 Å². The van der Waals surface area contributed by atoms with Crippen LogP contribution in [0.25, 0.3) is 0 Å². The van der Waals surface area contributed by atoms with Gasteiger partial charge in [0.05, 0.1) is 12.7 Å². The smallest absolute Gasteiger partial charge is 0.252 e. The van der Waals surface area contributed by atoms with E-state index in [1.165, 1.54) is 5.56 Å². The highest BCUT2D eigenvalue weighted by Crippen LogP contribution is 2.18. The van der Waals surface area contributed by atoms with Crippen LogP contribution in [0.3, 0.4) is 0 Å². The van der Waals surface area contributed by atoms with Crippen LogP contribution < -0.4 is 15.4 Å². The highest BCUT2D eigenvalue weighted by molar-refractivity contribution is 5.94. The molecule has 5 heteroatoms. The van der Waals surface area contributed by atoms with E-state index in [0.717, 1.165) is 24.2 Å². The summed E-state index contributed by atoms with van der Waals surface area (Å²) in [6, 6.07) is 21.7. The molecule has 0 atom stereocenters.